The monoisotopic (exact) mass is 157 g/mol. The summed E-state index contributed by atoms with van der Waals surface area (Å²) in [4.78, 5) is 0. The first-order chi connectivity index (χ1) is 4.31. The van der Waals surface area contributed by atoms with E-state index in [-0.39, 0.29) is 0 Å². The molecule has 0 bridgehead atoms. The van der Waals surface area contributed by atoms with Crippen LogP contribution in [0, 0.1) is 0 Å². The fourth-order valence-electron chi connectivity index (χ4n) is 0.516. The van der Waals surface area contributed by atoms with E-state index < -0.39 is 8.24 Å². The maximum atomic E-state index is 4.54. The van der Waals surface area contributed by atoms with Gasteiger partial charge in [-0.05, 0) is 31.3 Å². The van der Waals surface area contributed by atoms with E-state index in [1.54, 1.807) is 0 Å². The number of hydrogen-bond acceptors (Lipinski definition) is 1. The van der Waals surface area contributed by atoms with E-state index in [0.717, 1.165) is 0 Å². The molecule has 0 spiro atoms. The molecule has 0 aliphatic carbocycles. The minimum Gasteiger partial charge on any atom is -0.333 e. The van der Waals surface area contributed by atoms with Gasteiger partial charge in [0.1, 0.15) is 0 Å². The molecule has 0 unspecified atom stereocenters. The molecule has 0 saturated heterocycles. The van der Waals surface area contributed by atoms with E-state index in [1.807, 2.05) is 13.1 Å². The van der Waals surface area contributed by atoms with Crippen LogP contribution in [-0.2, 0) is 0 Å². The maximum Gasteiger partial charge on any atom is 0.179 e. The topological polar surface area (TPSA) is 12.4 Å². The summed E-state index contributed by atoms with van der Waals surface area (Å²) >= 11 is 0. The van der Waals surface area contributed by atoms with E-state index in [9.17, 15) is 0 Å². The largest absolute Gasteiger partial charge is 0.333 e. The third kappa shape index (κ3) is 2.25. The predicted octanol–water partition coefficient (Wildman–Crippen LogP) is 3.08. The van der Waals surface area contributed by atoms with Gasteiger partial charge in [-0.25, -0.2) is 0 Å². The van der Waals surface area contributed by atoms with Crippen molar-refractivity contribution < 1.29 is 0 Å². The summed E-state index contributed by atoms with van der Waals surface area (Å²) in [5.74, 6) is 0. The fraction of sp³-hybridized carbons (Fsp3) is 0.875. The first kappa shape index (κ1) is 9.89. The molecule has 0 heterocycles. The average molecular weight is 157 g/mol. The molecule has 10 heavy (non-hydrogen) atoms. The summed E-state index contributed by atoms with van der Waals surface area (Å²) in [6, 6.07) is 0. The number of nitrogens with zero attached hydrogens (tertiary/aromatic N) is 1. The van der Waals surface area contributed by atoms with Crippen LogP contribution in [0.4, 0.5) is 0 Å². The zero-order chi connectivity index (χ0) is 8.41. The zero-order valence-electron chi connectivity index (χ0n) is 8.02. The van der Waals surface area contributed by atoms with E-state index in [0.29, 0.717) is 5.04 Å². The lowest BCUT2D eigenvalue weighted by molar-refractivity contribution is 0.719. The molecular formula is C8H19NSi. The van der Waals surface area contributed by atoms with Gasteiger partial charge in [0, 0.05) is 0 Å². The van der Waals surface area contributed by atoms with Gasteiger partial charge in [0.15, 0.2) is 8.24 Å². The van der Waals surface area contributed by atoms with Gasteiger partial charge >= 0.3 is 0 Å². The quantitative estimate of drug-likeness (QED) is 0.410. The second-order valence-corrected chi connectivity index (χ2v) is 9.07. The van der Waals surface area contributed by atoms with E-state index >= 15 is 0 Å². The van der Waals surface area contributed by atoms with Gasteiger partial charge in [0.05, 0.1) is 0 Å². The Hall–Kier alpha value is -0.113. The molecule has 0 radical (unpaired) electrons. The van der Waals surface area contributed by atoms with Crippen LogP contribution in [0.25, 0.3) is 0 Å². The van der Waals surface area contributed by atoms with Crippen molar-refractivity contribution >= 4 is 14.5 Å². The Bertz CT molecular complexity index is 131. The molecule has 0 aromatic heterocycles. The molecule has 60 valence electrons. The third-order valence-corrected chi connectivity index (χ3v) is 6.86. The highest BCUT2D eigenvalue weighted by atomic mass is 28.3. The molecule has 1 nitrogen and oxygen atoms in total. The SMILES string of the molecule is CC=N[Si](C)(C)C(C)(C)C. The molecule has 0 aliphatic heterocycles. The van der Waals surface area contributed by atoms with Gasteiger partial charge in [-0.3, -0.25) is 0 Å². The first-order valence-electron chi connectivity index (χ1n) is 3.81. The van der Waals surface area contributed by atoms with Gasteiger partial charge in [-0.2, -0.15) is 0 Å². The number of hydrogen-bond donors (Lipinski definition) is 0. The van der Waals surface area contributed by atoms with Gasteiger partial charge in [0.2, 0.25) is 0 Å². The van der Waals surface area contributed by atoms with Crippen LogP contribution in [-0.4, -0.2) is 14.5 Å². The Morgan fingerprint density at radius 3 is 1.70 bits per heavy atom. The van der Waals surface area contributed by atoms with Crippen LogP contribution >= 0.6 is 0 Å². The van der Waals surface area contributed by atoms with Crippen molar-refractivity contribution in [2.75, 3.05) is 0 Å². The zero-order valence-corrected chi connectivity index (χ0v) is 9.02. The van der Waals surface area contributed by atoms with Gasteiger partial charge in [-0.15, -0.1) is 0 Å². The van der Waals surface area contributed by atoms with Gasteiger partial charge in [0.25, 0.3) is 0 Å². The number of rotatable bonds is 1. The molecular weight excluding hydrogens is 138 g/mol. The summed E-state index contributed by atoms with van der Waals surface area (Å²) < 4.78 is 4.54. The Morgan fingerprint density at radius 2 is 1.60 bits per heavy atom. The highest BCUT2D eigenvalue weighted by molar-refractivity contribution is 6.79. The van der Waals surface area contributed by atoms with Crippen LogP contribution in [0.5, 0.6) is 0 Å². The molecule has 0 aromatic carbocycles. The normalized spacial score (nSPS) is 14.6. The second kappa shape index (κ2) is 2.87. The Balaban J connectivity index is 4.40. The van der Waals surface area contributed by atoms with Crippen LogP contribution in [0.2, 0.25) is 18.1 Å². The summed E-state index contributed by atoms with van der Waals surface area (Å²) in [6.07, 6.45) is 1.94. The molecule has 0 atom stereocenters. The Kier molecular flexibility index (Phi) is 2.83. The van der Waals surface area contributed by atoms with Crippen molar-refractivity contribution in [2.24, 2.45) is 4.66 Å². The molecule has 0 aromatic rings. The lowest BCUT2D eigenvalue weighted by atomic mass is 10.2. The van der Waals surface area contributed by atoms with Crippen LogP contribution in [0.3, 0.4) is 0 Å². The highest BCUT2D eigenvalue weighted by Gasteiger charge is 2.34. The van der Waals surface area contributed by atoms with Crippen molar-refractivity contribution in [3.8, 4) is 0 Å². The maximum absolute atomic E-state index is 4.54. The Morgan fingerprint density at radius 1 is 1.20 bits per heavy atom. The molecule has 0 rings (SSSR count). The summed E-state index contributed by atoms with van der Waals surface area (Å²) in [6.45, 7) is 13.4. The van der Waals surface area contributed by atoms with Crippen molar-refractivity contribution in [3.63, 3.8) is 0 Å². The molecule has 0 amide bonds. The lowest BCUT2D eigenvalue weighted by Crippen LogP contribution is -2.35. The van der Waals surface area contributed by atoms with Gasteiger partial charge < -0.3 is 4.66 Å². The molecule has 0 N–H and O–H groups in total. The highest BCUT2D eigenvalue weighted by Crippen LogP contribution is 2.36. The van der Waals surface area contributed by atoms with E-state index in [1.165, 1.54) is 0 Å². The Labute approximate surface area is 65.7 Å². The molecule has 0 aliphatic rings. The summed E-state index contributed by atoms with van der Waals surface area (Å²) in [5.41, 5.74) is 0. The second-order valence-electron chi connectivity index (χ2n) is 4.20. The third-order valence-electron chi connectivity index (χ3n) is 2.29. The van der Waals surface area contributed by atoms with Crippen molar-refractivity contribution in [1.29, 1.82) is 0 Å². The minimum atomic E-state index is -1.34. The lowest BCUT2D eigenvalue weighted by Gasteiger charge is -2.32. The standard InChI is InChI=1S/C8H19NSi/c1-7-9-10(5,6)8(2,3)4/h7H,1-6H3. The first-order valence-corrected chi connectivity index (χ1v) is 6.76. The molecule has 2 heteroatoms. The summed E-state index contributed by atoms with van der Waals surface area (Å²) in [5, 5.41) is 0.388. The van der Waals surface area contributed by atoms with E-state index in [4.69, 9.17) is 0 Å². The van der Waals surface area contributed by atoms with E-state index in [2.05, 4.69) is 38.5 Å². The average Bonchev–Trinajstić information content (AvgIpc) is 1.61. The van der Waals surface area contributed by atoms with Crippen molar-refractivity contribution in [3.05, 3.63) is 0 Å². The fourth-order valence-corrected chi connectivity index (χ4v) is 1.55. The molecule has 0 fully saturated rings. The summed E-state index contributed by atoms with van der Waals surface area (Å²) in [7, 11) is -1.34. The van der Waals surface area contributed by atoms with Crippen LogP contribution in [0.15, 0.2) is 4.66 Å². The van der Waals surface area contributed by atoms with Crippen molar-refractivity contribution in [2.45, 2.75) is 45.8 Å². The molecule has 0 saturated carbocycles. The predicted molar refractivity (Wildman–Crippen MR) is 51.4 cm³/mol. The smallest absolute Gasteiger partial charge is 0.179 e. The minimum absolute atomic E-state index is 0.388. The van der Waals surface area contributed by atoms with Crippen LogP contribution in [0.1, 0.15) is 27.7 Å². The van der Waals surface area contributed by atoms with Crippen molar-refractivity contribution in [1.82, 2.24) is 0 Å². The van der Waals surface area contributed by atoms with Gasteiger partial charge in [-0.1, -0.05) is 20.8 Å². The van der Waals surface area contributed by atoms with Crippen LogP contribution < -0.4 is 0 Å².